The van der Waals surface area contributed by atoms with Gasteiger partial charge >= 0.3 is 6.18 Å². The molecule has 3 unspecified atom stereocenters. The number of hydrogen-bond acceptors (Lipinski definition) is 5. The van der Waals surface area contributed by atoms with Crippen molar-refractivity contribution in [2.24, 2.45) is 0 Å². The maximum absolute atomic E-state index is 13.5. The van der Waals surface area contributed by atoms with Gasteiger partial charge in [-0.25, -0.2) is 0 Å². The molecule has 1 amide bonds. The van der Waals surface area contributed by atoms with Gasteiger partial charge in [0.15, 0.2) is 0 Å². The lowest BCUT2D eigenvalue weighted by Gasteiger charge is -2.53. The fourth-order valence-electron chi connectivity index (χ4n) is 7.38. The van der Waals surface area contributed by atoms with Crippen LogP contribution in [0.3, 0.4) is 0 Å². The maximum atomic E-state index is 13.5. The van der Waals surface area contributed by atoms with Crippen molar-refractivity contribution in [3.05, 3.63) is 77.0 Å². The molecule has 1 aromatic heterocycles. The van der Waals surface area contributed by atoms with E-state index in [-0.39, 0.29) is 29.6 Å². The van der Waals surface area contributed by atoms with Gasteiger partial charge in [0.05, 0.1) is 23.2 Å². The summed E-state index contributed by atoms with van der Waals surface area (Å²) in [5.74, 6) is 0.0596. The number of alkyl halides is 3. The van der Waals surface area contributed by atoms with Crippen LogP contribution in [0.25, 0.3) is 10.9 Å². The Morgan fingerprint density at radius 3 is 2.57 bits per heavy atom. The van der Waals surface area contributed by atoms with E-state index in [0.717, 1.165) is 54.5 Å². The molecule has 0 saturated carbocycles. The number of amides is 1. The third-order valence-electron chi connectivity index (χ3n) is 9.75. The van der Waals surface area contributed by atoms with Crippen molar-refractivity contribution in [1.82, 2.24) is 19.7 Å². The molecule has 42 heavy (non-hydrogen) atoms. The molecule has 6 rings (SSSR count). The third kappa shape index (κ3) is 5.31. The van der Waals surface area contributed by atoms with E-state index in [1.165, 1.54) is 12.1 Å². The average molecular weight is 581 g/mol. The molecule has 9 heteroatoms. The Morgan fingerprint density at radius 2 is 1.86 bits per heavy atom. The van der Waals surface area contributed by atoms with E-state index in [9.17, 15) is 18.0 Å². The number of piperidine rings is 1. The molecule has 0 spiro atoms. The van der Waals surface area contributed by atoms with Gasteiger partial charge in [0, 0.05) is 74.5 Å². The molecular weight excluding hydrogens is 541 g/mol. The van der Waals surface area contributed by atoms with Crippen LogP contribution in [0.1, 0.15) is 66.7 Å². The van der Waals surface area contributed by atoms with E-state index in [2.05, 4.69) is 28.6 Å². The summed E-state index contributed by atoms with van der Waals surface area (Å²) >= 11 is 0. The van der Waals surface area contributed by atoms with Crippen LogP contribution in [0.2, 0.25) is 0 Å². The zero-order chi connectivity index (χ0) is 29.6. The lowest BCUT2D eigenvalue weighted by molar-refractivity contribution is -0.137. The summed E-state index contributed by atoms with van der Waals surface area (Å²) in [4.78, 5) is 24.9. The minimum atomic E-state index is -4.35. The van der Waals surface area contributed by atoms with Gasteiger partial charge in [0.25, 0.3) is 5.91 Å². The summed E-state index contributed by atoms with van der Waals surface area (Å²) in [6.45, 7) is 10.9. The number of benzene rings is 2. The van der Waals surface area contributed by atoms with Gasteiger partial charge in [0.1, 0.15) is 0 Å². The van der Waals surface area contributed by atoms with E-state index in [1.54, 1.807) is 12.3 Å². The molecule has 3 aromatic rings. The Labute approximate surface area is 245 Å². The van der Waals surface area contributed by atoms with E-state index in [1.807, 2.05) is 42.2 Å². The number of pyridine rings is 1. The summed E-state index contributed by atoms with van der Waals surface area (Å²) in [5, 5.41) is 0.886. The number of hydrogen-bond donors (Lipinski definition) is 0. The lowest BCUT2D eigenvalue weighted by atomic mass is 9.86. The summed E-state index contributed by atoms with van der Waals surface area (Å²) < 4.78 is 46.4. The monoisotopic (exact) mass is 580 g/mol. The van der Waals surface area contributed by atoms with Crippen LogP contribution < -0.4 is 0 Å². The first-order chi connectivity index (χ1) is 20.1. The summed E-state index contributed by atoms with van der Waals surface area (Å²) in [7, 11) is 0. The number of rotatable bonds is 5. The van der Waals surface area contributed by atoms with Crippen LogP contribution in [0.15, 0.2) is 54.7 Å². The molecule has 2 aromatic carbocycles. The highest BCUT2D eigenvalue weighted by molar-refractivity contribution is 6.06. The Hall–Kier alpha value is -3.01. The molecule has 0 radical (unpaired) electrons. The highest BCUT2D eigenvalue weighted by Gasteiger charge is 2.45. The van der Waals surface area contributed by atoms with Gasteiger partial charge in [-0.15, -0.1) is 0 Å². The maximum Gasteiger partial charge on any atom is 0.416 e. The number of fused-ring (bicyclic) bond motifs is 2. The van der Waals surface area contributed by atoms with Crippen LogP contribution in [0, 0.1) is 0 Å². The fourth-order valence-corrected chi connectivity index (χ4v) is 7.38. The molecule has 224 valence electrons. The second-order valence-corrected chi connectivity index (χ2v) is 12.3. The van der Waals surface area contributed by atoms with Gasteiger partial charge in [-0.05, 0) is 75.1 Å². The smallest absolute Gasteiger partial charge is 0.376 e. The Bertz CT molecular complexity index is 1450. The number of halogens is 3. The van der Waals surface area contributed by atoms with Crippen molar-refractivity contribution in [2.75, 3.05) is 39.3 Å². The van der Waals surface area contributed by atoms with Crippen LogP contribution in [-0.4, -0.2) is 82.6 Å². The number of likely N-dealkylation sites (tertiary alicyclic amines) is 1. The van der Waals surface area contributed by atoms with Crippen molar-refractivity contribution in [3.8, 4) is 0 Å². The van der Waals surface area contributed by atoms with Crippen molar-refractivity contribution >= 4 is 16.8 Å². The van der Waals surface area contributed by atoms with Crippen molar-refractivity contribution in [3.63, 3.8) is 0 Å². The topological polar surface area (TPSA) is 48.9 Å². The predicted octanol–water partition coefficient (Wildman–Crippen LogP) is 5.96. The van der Waals surface area contributed by atoms with Crippen molar-refractivity contribution < 1.29 is 22.7 Å². The number of carbonyl (C=O) groups excluding carboxylic acids is 1. The van der Waals surface area contributed by atoms with E-state index < -0.39 is 11.7 Å². The quantitative estimate of drug-likeness (QED) is 0.373. The Morgan fingerprint density at radius 1 is 1.07 bits per heavy atom. The summed E-state index contributed by atoms with van der Waals surface area (Å²) in [5.41, 5.74) is 2.62. The minimum Gasteiger partial charge on any atom is -0.376 e. The molecule has 0 bridgehead atoms. The first kappa shape index (κ1) is 29.1. The second-order valence-electron chi connectivity index (χ2n) is 12.3. The molecule has 0 N–H and O–H groups in total. The second kappa shape index (κ2) is 11.2. The van der Waals surface area contributed by atoms with Gasteiger partial charge < -0.3 is 9.64 Å². The number of piperazine rings is 1. The molecule has 1 aliphatic carbocycles. The molecule has 6 nitrogen and oxygen atoms in total. The van der Waals surface area contributed by atoms with Crippen LogP contribution in [-0.2, 0) is 17.3 Å². The standard InChI is InChI=1S/C33H39F3N4O2/c1-4-42-29-20-23-19-24(33(34,35)36)10-11-25(23)30(29)40-18-17-39(21-22(40)2)32(3)12-15-38(16-13-32)31(41)27-7-5-9-28-26(27)8-6-14-37-28/h5-11,14,19,22,29-30H,4,12-13,15-18,20-21H2,1-3H3. The molecule has 2 fully saturated rings. The SMILES string of the molecule is CCOC1Cc2cc(C(F)(F)F)ccc2C1N1CCN(C2(C)CCN(C(=O)c3cccc4ncccc34)CC2)CC1C. The number of ether oxygens (including phenoxy) is 1. The highest BCUT2D eigenvalue weighted by atomic mass is 19.4. The van der Waals surface area contributed by atoms with Gasteiger partial charge in [-0.2, -0.15) is 13.2 Å². The van der Waals surface area contributed by atoms with Crippen LogP contribution >= 0.6 is 0 Å². The van der Waals surface area contributed by atoms with Crippen LogP contribution in [0.4, 0.5) is 13.2 Å². The molecule has 3 atom stereocenters. The van der Waals surface area contributed by atoms with Gasteiger partial charge in [-0.3, -0.25) is 19.6 Å². The summed E-state index contributed by atoms with van der Waals surface area (Å²) in [6.07, 6.45) is -0.481. The number of nitrogens with zero attached hydrogens (tertiary/aromatic N) is 4. The van der Waals surface area contributed by atoms with Gasteiger partial charge in [0.2, 0.25) is 0 Å². The fraction of sp³-hybridized carbons (Fsp3) is 0.515. The molecule has 3 heterocycles. The predicted molar refractivity (Wildman–Crippen MR) is 156 cm³/mol. The zero-order valence-corrected chi connectivity index (χ0v) is 24.5. The largest absolute Gasteiger partial charge is 0.416 e. The molecule has 2 saturated heterocycles. The lowest BCUT2D eigenvalue weighted by Crippen LogP contribution is -2.62. The third-order valence-corrected chi connectivity index (χ3v) is 9.75. The first-order valence-electron chi connectivity index (χ1n) is 15.0. The molecule has 3 aliphatic rings. The highest BCUT2D eigenvalue weighted by Crippen LogP contribution is 2.43. The Kier molecular flexibility index (Phi) is 7.79. The molecular formula is C33H39F3N4O2. The van der Waals surface area contributed by atoms with Crippen molar-refractivity contribution in [2.45, 2.75) is 69.9 Å². The minimum absolute atomic E-state index is 0.0219. The van der Waals surface area contributed by atoms with E-state index in [4.69, 9.17) is 4.74 Å². The van der Waals surface area contributed by atoms with Crippen molar-refractivity contribution in [1.29, 1.82) is 0 Å². The first-order valence-corrected chi connectivity index (χ1v) is 15.0. The number of aromatic nitrogens is 1. The normalized spacial score (nSPS) is 25.1. The zero-order valence-electron chi connectivity index (χ0n) is 24.5. The van der Waals surface area contributed by atoms with Crippen LogP contribution in [0.5, 0.6) is 0 Å². The molecule has 2 aliphatic heterocycles. The number of carbonyl (C=O) groups is 1. The van der Waals surface area contributed by atoms with Gasteiger partial charge in [-0.1, -0.05) is 18.2 Å². The Balaban J connectivity index is 1.13. The van der Waals surface area contributed by atoms with E-state index in [0.29, 0.717) is 31.7 Å². The van der Waals surface area contributed by atoms with E-state index >= 15 is 0 Å². The average Bonchev–Trinajstić information content (AvgIpc) is 3.33. The summed E-state index contributed by atoms with van der Waals surface area (Å²) in [6, 6.07) is 13.9.